The van der Waals surface area contributed by atoms with E-state index >= 15 is 0 Å². The molecule has 0 aliphatic heterocycles. The maximum absolute atomic E-state index is 8.95. The number of halogens is 1. The molecular weight excluding hydrogens is 243 g/mol. The third-order valence-electron chi connectivity index (χ3n) is 1.21. The lowest BCUT2D eigenvalue weighted by Gasteiger charge is -1.94. The van der Waals surface area contributed by atoms with Crippen LogP contribution in [0.25, 0.3) is 0 Å². The van der Waals surface area contributed by atoms with Crippen molar-refractivity contribution >= 4 is 5.82 Å². The van der Waals surface area contributed by atoms with Crippen molar-refractivity contribution in [3.8, 4) is 5.75 Å². The Morgan fingerprint density at radius 2 is 2.20 bits per heavy atom. The van der Waals surface area contributed by atoms with E-state index in [4.69, 9.17) is 10.8 Å². The summed E-state index contributed by atoms with van der Waals surface area (Å²) in [6.45, 7) is 0. The Morgan fingerprint density at radius 1 is 1.60 bits per heavy atom. The average Bonchev–Trinajstić information content (AvgIpc) is 1.83. The van der Waals surface area contributed by atoms with Crippen molar-refractivity contribution in [1.29, 1.82) is 0 Å². The molecule has 0 radical (unpaired) electrons. The number of aromatic hydroxyl groups is 1. The molecule has 0 amide bonds. The van der Waals surface area contributed by atoms with Crippen LogP contribution in [0, 0.1) is 0 Å². The third-order valence-corrected chi connectivity index (χ3v) is 1.21. The fourth-order valence-corrected chi connectivity index (χ4v) is 0.610. The highest BCUT2D eigenvalue weighted by atomic mass is 127. The first-order valence-corrected chi connectivity index (χ1v) is 2.65. The maximum atomic E-state index is 8.95. The molecule has 1 heterocycles. The van der Waals surface area contributed by atoms with Gasteiger partial charge in [0, 0.05) is 0 Å². The topological polar surface area (TPSA) is 50.1 Å². The zero-order valence-corrected chi connectivity index (χ0v) is 7.74. The number of hydrogen-bond acceptors (Lipinski definition) is 2. The Morgan fingerprint density at radius 3 is 2.60 bits per heavy atom. The normalized spacial score (nSPS) is 8.50. The van der Waals surface area contributed by atoms with Crippen LogP contribution in [0.15, 0.2) is 18.3 Å². The first-order valence-electron chi connectivity index (χ1n) is 2.65. The standard InChI is InChI=1S/C6H8N2O.HI/c1-8-4-2-3-5(9)6(8)7;/h2-4,7,9H,1H3;1H. The molecule has 0 spiro atoms. The van der Waals surface area contributed by atoms with E-state index in [2.05, 4.69) is 0 Å². The highest BCUT2D eigenvalue weighted by Crippen LogP contribution is 2.10. The first kappa shape index (κ1) is 9.48. The largest absolute Gasteiger partial charge is 1.00 e. The summed E-state index contributed by atoms with van der Waals surface area (Å²) < 4.78 is 1.65. The maximum Gasteiger partial charge on any atom is 0.314 e. The van der Waals surface area contributed by atoms with Crippen molar-refractivity contribution in [2.75, 3.05) is 5.73 Å². The van der Waals surface area contributed by atoms with Crippen LogP contribution in [0.2, 0.25) is 0 Å². The van der Waals surface area contributed by atoms with E-state index in [9.17, 15) is 0 Å². The smallest absolute Gasteiger partial charge is 0.314 e. The number of hydrogen-bond donors (Lipinski definition) is 2. The van der Waals surface area contributed by atoms with E-state index in [0.29, 0.717) is 5.82 Å². The number of nitrogens with zero attached hydrogens (tertiary/aromatic N) is 1. The lowest BCUT2D eigenvalue weighted by Crippen LogP contribution is -3.00. The number of nitrogens with two attached hydrogens (primary N) is 1. The van der Waals surface area contributed by atoms with Crippen molar-refractivity contribution in [3.63, 3.8) is 0 Å². The predicted octanol–water partition coefficient (Wildman–Crippen LogP) is -3.20. The molecule has 56 valence electrons. The van der Waals surface area contributed by atoms with Gasteiger partial charge in [0.2, 0.25) is 5.75 Å². The molecule has 0 saturated carbocycles. The van der Waals surface area contributed by atoms with Gasteiger partial charge in [-0.2, -0.15) is 0 Å². The second-order valence-electron chi connectivity index (χ2n) is 1.89. The van der Waals surface area contributed by atoms with Crippen LogP contribution in [0.3, 0.4) is 0 Å². The summed E-state index contributed by atoms with van der Waals surface area (Å²) >= 11 is 0. The highest BCUT2D eigenvalue weighted by molar-refractivity contribution is 5.38. The van der Waals surface area contributed by atoms with Crippen molar-refractivity contribution in [2.24, 2.45) is 7.05 Å². The lowest BCUT2D eigenvalue weighted by molar-refractivity contribution is -0.657. The highest BCUT2D eigenvalue weighted by Gasteiger charge is 2.02. The van der Waals surface area contributed by atoms with E-state index in [1.54, 1.807) is 29.9 Å². The fraction of sp³-hybridized carbons (Fsp3) is 0.167. The lowest BCUT2D eigenvalue weighted by atomic mass is 10.4. The molecule has 3 N–H and O–H groups in total. The Balaban J connectivity index is 0.000000810. The summed E-state index contributed by atoms with van der Waals surface area (Å²) in [6.07, 6.45) is 1.77. The minimum atomic E-state index is 0. The average molecular weight is 252 g/mol. The summed E-state index contributed by atoms with van der Waals surface area (Å²) in [5, 5.41) is 8.95. The van der Waals surface area contributed by atoms with Gasteiger partial charge in [-0.1, -0.05) is 0 Å². The molecule has 4 heteroatoms. The summed E-state index contributed by atoms with van der Waals surface area (Å²) in [4.78, 5) is 0. The van der Waals surface area contributed by atoms with Crippen LogP contribution >= 0.6 is 0 Å². The minimum Gasteiger partial charge on any atom is -1.00 e. The fourth-order valence-electron chi connectivity index (χ4n) is 0.610. The predicted molar refractivity (Wildman–Crippen MR) is 33.7 cm³/mol. The van der Waals surface area contributed by atoms with Gasteiger partial charge < -0.3 is 29.1 Å². The summed E-state index contributed by atoms with van der Waals surface area (Å²) in [5.41, 5.74) is 5.39. The van der Waals surface area contributed by atoms with Gasteiger partial charge in [0.05, 0.1) is 13.2 Å². The Kier molecular flexibility index (Phi) is 3.41. The van der Waals surface area contributed by atoms with E-state index in [-0.39, 0.29) is 29.7 Å². The zero-order chi connectivity index (χ0) is 6.85. The second kappa shape index (κ2) is 3.60. The van der Waals surface area contributed by atoms with Gasteiger partial charge in [-0.25, -0.2) is 4.57 Å². The quantitative estimate of drug-likeness (QED) is 0.377. The summed E-state index contributed by atoms with van der Waals surface area (Å²) in [5.74, 6) is 0.512. The molecule has 0 unspecified atom stereocenters. The Bertz CT molecular complexity index is 207. The van der Waals surface area contributed by atoms with Gasteiger partial charge >= 0.3 is 5.82 Å². The zero-order valence-electron chi connectivity index (χ0n) is 5.58. The van der Waals surface area contributed by atoms with Crippen molar-refractivity contribution < 1.29 is 33.7 Å². The van der Waals surface area contributed by atoms with Crippen LogP contribution in [-0.4, -0.2) is 5.11 Å². The molecule has 0 saturated heterocycles. The van der Waals surface area contributed by atoms with Gasteiger partial charge in [-0.05, 0) is 12.1 Å². The van der Waals surface area contributed by atoms with Crippen molar-refractivity contribution in [3.05, 3.63) is 18.3 Å². The van der Waals surface area contributed by atoms with E-state index < -0.39 is 0 Å². The molecular formula is C6H9IN2O. The molecule has 0 fully saturated rings. The Hall–Kier alpha value is -0.520. The van der Waals surface area contributed by atoms with Gasteiger partial charge in [-0.15, -0.1) is 0 Å². The number of aromatic nitrogens is 1. The van der Waals surface area contributed by atoms with Crippen LogP contribution < -0.4 is 34.3 Å². The van der Waals surface area contributed by atoms with Crippen LogP contribution in [0.1, 0.15) is 0 Å². The number of aryl methyl sites for hydroxylation is 1. The molecule has 0 aliphatic carbocycles. The molecule has 1 aromatic heterocycles. The summed E-state index contributed by atoms with van der Waals surface area (Å²) in [6, 6.07) is 3.28. The number of anilines is 1. The second-order valence-corrected chi connectivity index (χ2v) is 1.89. The van der Waals surface area contributed by atoms with Crippen LogP contribution in [0.4, 0.5) is 5.82 Å². The van der Waals surface area contributed by atoms with Gasteiger partial charge in [0.1, 0.15) is 0 Å². The number of rotatable bonds is 0. The van der Waals surface area contributed by atoms with Crippen LogP contribution in [0.5, 0.6) is 5.75 Å². The molecule has 10 heavy (non-hydrogen) atoms. The molecule has 0 atom stereocenters. The molecule has 0 aromatic carbocycles. The van der Waals surface area contributed by atoms with E-state index in [1.807, 2.05) is 0 Å². The molecule has 0 aliphatic rings. The third kappa shape index (κ3) is 1.73. The molecule has 1 rings (SSSR count). The minimum absolute atomic E-state index is 0. The Labute approximate surface area is 76.5 Å². The van der Waals surface area contributed by atoms with Crippen LogP contribution in [-0.2, 0) is 7.05 Å². The number of pyridine rings is 1. The molecule has 1 aromatic rings. The number of nitrogen functional groups attached to an aromatic ring is 1. The molecule has 3 nitrogen and oxygen atoms in total. The van der Waals surface area contributed by atoms with E-state index in [1.165, 1.54) is 0 Å². The van der Waals surface area contributed by atoms with Gasteiger partial charge in [-0.3, -0.25) is 5.73 Å². The monoisotopic (exact) mass is 252 g/mol. The first-order chi connectivity index (χ1) is 4.22. The summed E-state index contributed by atoms with van der Waals surface area (Å²) in [7, 11) is 1.77. The molecule has 0 bridgehead atoms. The van der Waals surface area contributed by atoms with Crippen molar-refractivity contribution in [2.45, 2.75) is 0 Å². The van der Waals surface area contributed by atoms with E-state index in [0.717, 1.165) is 0 Å². The SMILES string of the molecule is C[n+]1cccc(O)c1N.[I-]. The van der Waals surface area contributed by atoms with Gasteiger partial charge in [0.25, 0.3) is 0 Å². The van der Waals surface area contributed by atoms with Crippen molar-refractivity contribution in [1.82, 2.24) is 0 Å². The van der Waals surface area contributed by atoms with Gasteiger partial charge in [0.15, 0.2) is 0 Å².